The third kappa shape index (κ3) is 103. The van der Waals surface area contributed by atoms with E-state index in [1.807, 2.05) is 0 Å². The molecule has 0 aromatic rings. The molecule has 0 aliphatic rings. The monoisotopic (exact) mass is 427 g/mol. The lowest BCUT2D eigenvalue weighted by Gasteiger charge is -1.90. The number of urea groups is 2. The Morgan fingerprint density at radius 1 is 0.759 bits per heavy atom. The number of rotatable bonds is 2. The molecule has 0 saturated heterocycles. The zero-order valence-corrected chi connectivity index (χ0v) is 13.7. The summed E-state index contributed by atoms with van der Waals surface area (Å²) in [6.45, 7) is -0.546. The number of carbonyl (C=O) groups is 6. The molecule has 0 rings (SSSR count). The van der Waals surface area contributed by atoms with Crippen LogP contribution in [0.4, 0.5) is 24.0 Å². The summed E-state index contributed by atoms with van der Waals surface area (Å²) in [5.74, 6) is -1.19. The highest BCUT2D eigenvalue weighted by molar-refractivity contribution is 5.76. The number of hydrogen-bond acceptors (Lipinski definition) is 10. The van der Waals surface area contributed by atoms with E-state index in [0.29, 0.717) is 0 Å². The van der Waals surface area contributed by atoms with Gasteiger partial charge in [0.15, 0.2) is 0 Å². The second-order valence-corrected chi connectivity index (χ2v) is 2.78. The molecule has 0 spiro atoms. The number of nitrogens with one attached hydrogen (secondary N) is 3. The molecule has 0 saturated carbocycles. The Labute approximate surface area is 157 Å². The number of nitrogens with zero attached hydrogens (tertiary/aromatic N) is 4. The van der Waals surface area contributed by atoms with Crippen LogP contribution in [0.3, 0.4) is 0 Å². The van der Waals surface area contributed by atoms with Crippen molar-refractivity contribution >= 4 is 42.5 Å². The predicted molar refractivity (Wildman–Crippen MR) is 79.0 cm³/mol. The SMILES string of the molecule is N=N.NC(=O)N=NC(=O)O.NC(=O)N=NC(=O)O.O=C(O)CNC(=O)O.O=C=O. The maximum atomic E-state index is 9.60. The van der Waals surface area contributed by atoms with Crippen LogP contribution >= 0.6 is 0 Å². The quantitative estimate of drug-likeness (QED) is 0.257. The zero-order valence-electron chi connectivity index (χ0n) is 13.7. The molecule has 0 aromatic carbocycles. The third-order valence-electron chi connectivity index (χ3n) is 0.859. The van der Waals surface area contributed by atoms with E-state index < -0.39 is 42.9 Å². The molecule has 0 fully saturated rings. The predicted octanol–water partition coefficient (Wildman–Crippen LogP) is -0.258. The van der Waals surface area contributed by atoms with Crippen molar-refractivity contribution in [2.75, 3.05) is 6.54 Å². The summed E-state index contributed by atoms with van der Waals surface area (Å²) in [6, 6.07) is -2.24. The number of carboxylic acids is 1. The minimum absolute atomic E-state index is 0.250. The van der Waals surface area contributed by atoms with Crippen molar-refractivity contribution in [2.45, 2.75) is 0 Å². The average molecular weight is 427 g/mol. The molecule has 21 nitrogen and oxygen atoms in total. The Morgan fingerprint density at radius 3 is 1.10 bits per heavy atom. The first-order valence-corrected chi connectivity index (χ1v) is 5.61. The van der Waals surface area contributed by atoms with Gasteiger partial charge in [-0.2, -0.15) is 9.59 Å². The summed E-state index contributed by atoms with van der Waals surface area (Å²) in [4.78, 5) is 73.4. The van der Waals surface area contributed by atoms with Gasteiger partial charge in [0.05, 0.1) is 0 Å². The van der Waals surface area contributed by atoms with Crippen LogP contribution < -0.4 is 16.8 Å². The number of aliphatic carboxylic acids is 1. The Hall–Kier alpha value is -5.20. The summed E-state index contributed by atoms with van der Waals surface area (Å²) < 4.78 is 0. The second kappa shape index (κ2) is 27.6. The second-order valence-electron chi connectivity index (χ2n) is 2.78. The molecule has 0 heterocycles. The van der Waals surface area contributed by atoms with Crippen molar-refractivity contribution in [3.05, 3.63) is 0 Å². The molecule has 0 unspecified atom stereocenters. The van der Waals surface area contributed by atoms with Crippen LogP contribution in [0.25, 0.3) is 0 Å². The van der Waals surface area contributed by atoms with Crippen molar-refractivity contribution in [3.63, 3.8) is 0 Å². The lowest BCUT2D eigenvalue weighted by atomic mass is 10.7. The number of primary amides is 2. The van der Waals surface area contributed by atoms with E-state index in [1.54, 1.807) is 5.32 Å². The standard InChI is InChI=1S/C3H5NO4.2C2H3N3O3.CO2.H2N2/c5-2(6)1-4-3(7)8;2*3-1(6)4-5-2(7)8;2-1-3;1-2/h4H,1H2,(H,5,6)(H,7,8);2*(H2,3,6)(H,7,8);;1-2H. The summed E-state index contributed by atoms with van der Waals surface area (Å²) in [5, 5.41) is 42.4. The Bertz CT molecular complexity index is 559. The largest absolute Gasteiger partial charge is 0.480 e. The van der Waals surface area contributed by atoms with Gasteiger partial charge in [-0.1, -0.05) is 20.5 Å². The van der Waals surface area contributed by atoms with E-state index >= 15 is 0 Å². The van der Waals surface area contributed by atoms with E-state index in [2.05, 4.69) is 31.9 Å². The van der Waals surface area contributed by atoms with E-state index in [4.69, 9.17) is 41.1 Å². The lowest BCUT2D eigenvalue weighted by molar-refractivity contribution is -0.191. The molecular formula is C8H13N9O12. The highest BCUT2D eigenvalue weighted by Crippen LogP contribution is 1.75. The molecule has 0 radical (unpaired) electrons. The number of hydrogen-bond donors (Lipinski definition) is 9. The van der Waals surface area contributed by atoms with Crippen molar-refractivity contribution < 1.29 is 58.8 Å². The third-order valence-corrected chi connectivity index (χ3v) is 0.859. The van der Waals surface area contributed by atoms with E-state index in [1.165, 1.54) is 0 Å². The highest BCUT2D eigenvalue weighted by atomic mass is 16.4. The van der Waals surface area contributed by atoms with Gasteiger partial charge in [-0.05, 0) is 0 Å². The first-order chi connectivity index (χ1) is 13.3. The molecule has 11 N–H and O–H groups in total. The maximum absolute atomic E-state index is 9.60. The molecule has 21 heteroatoms. The van der Waals surface area contributed by atoms with Gasteiger partial charge >= 0.3 is 42.5 Å². The Kier molecular flexibility index (Phi) is 33.4. The van der Waals surface area contributed by atoms with Crippen LogP contribution in [0.2, 0.25) is 0 Å². The van der Waals surface area contributed by atoms with Gasteiger partial charge in [0.2, 0.25) is 0 Å². The van der Waals surface area contributed by atoms with E-state index in [-0.39, 0.29) is 6.15 Å². The fraction of sp³-hybridized carbons (Fsp3) is 0.125. The Morgan fingerprint density at radius 2 is 1.03 bits per heavy atom. The number of amides is 7. The minimum Gasteiger partial charge on any atom is -0.480 e. The van der Waals surface area contributed by atoms with Gasteiger partial charge in [-0.15, -0.1) is 0 Å². The van der Waals surface area contributed by atoms with Crippen LogP contribution in [0, 0.1) is 11.1 Å². The van der Waals surface area contributed by atoms with Gasteiger partial charge in [-0.25, -0.2) is 35.0 Å². The number of carboxylic acid groups (broad SMARTS) is 4. The van der Waals surface area contributed by atoms with Crippen LogP contribution in [-0.2, 0) is 14.4 Å². The molecule has 0 bridgehead atoms. The maximum Gasteiger partial charge on any atom is 0.450 e. The average Bonchev–Trinajstić information content (AvgIpc) is 2.60. The molecule has 162 valence electrons. The number of azo groups is 2. The molecule has 0 atom stereocenters. The van der Waals surface area contributed by atoms with Crippen LogP contribution in [-0.4, -0.2) is 69.4 Å². The summed E-state index contributed by atoms with van der Waals surface area (Å²) in [5.41, 5.74) is 18.8. The summed E-state index contributed by atoms with van der Waals surface area (Å²) in [7, 11) is 0. The number of nitrogens with two attached hydrogens (primary N) is 2. The minimum atomic E-state index is -1.54. The normalized spacial score (nSPS) is 7.86. The fourth-order valence-electron chi connectivity index (χ4n) is 0.335. The molecule has 29 heavy (non-hydrogen) atoms. The van der Waals surface area contributed by atoms with Crippen molar-refractivity contribution in [1.82, 2.24) is 5.32 Å². The fourth-order valence-corrected chi connectivity index (χ4v) is 0.335. The van der Waals surface area contributed by atoms with E-state index in [9.17, 15) is 28.8 Å². The van der Waals surface area contributed by atoms with Crippen molar-refractivity contribution in [3.8, 4) is 0 Å². The van der Waals surface area contributed by atoms with E-state index in [0.717, 1.165) is 0 Å². The van der Waals surface area contributed by atoms with Crippen LogP contribution in [0.1, 0.15) is 0 Å². The van der Waals surface area contributed by atoms with Gasteiger partial charge in [0.25, 0.3) is 0 Å². The van der Waals surface area contributed by atoms with Gasteiger partial charge in [0.1, 0.15) is 6.54 Å². The first-order valence-electron chi connectivity index (χ1n) is 5.61. The zero-order chi connectivity index (χ0) is 24.4. The van der Waals surface area contributed by atoms with Gasteiger partial charge < -0.3 is 37.2 Å². The van der Waals surface area contributed by atoms with Gasteiger partial charge in [-0.3, -0.25) is 4.79 Å². The molecule has 7 amide bonds. The Balaban J connectivity index is -0.0000000891. The van der Waals surface area contributed by atoms with Gasteiger partial charge in [0, 0.05) is 0 Å². The summed E-state index contributed by atoms with van der Waals surface area (Å²) >= 11 is 0. The topological polar surface area (TPSA) is 379 Å². The highest BCUT2D eigenvalue weighted by Gasteiger charge is 1.97. The molecule has 0 aliphatic heterocycles. The number of carbonyl (C=O) groups excluding carboxylic acids is 4. The molecular weight excluding hydrogens is 414 g/mol. The van der Waals surface area contributed by atoms with Crippen molar-refractivity contribution in [2.24, 2.45) is 31.9 Å². The molecule has 0 aliphatic carbocycles. The smallest absolute Gasteiger partial charge is 0.450 e. The van der Waals surface area contributed by atoms with Crippen LogP contribution in [0.15, 0.2) is 20.5 Å². The molecule has 0 aromatic heterocycles. The first kappa shape index (κ1) is 35.0. The summed E-state index contributed by atoms with van der Waals surface area (Å²) in [6.07, 6.45) is -4.15. The lowest BCUT2D eigenvalue weighted by Crippen LogP contribution is -2.27. The van der Waals surface area contributed by atoms with Crippen LogP contribution in [0.5, 0.6) is 0 Å². The van der Waals surface area contributed by atoms with Crippen molar-refractivity contribution in [1.29, 1.82) is 11.1 Å².